The van der Waals surface area contributed by atoms with Crippen LogP contribution < -0.4 is 4.74 Å². The van der Waals surface area contributed by atoms with E-state index in [0.717, 1.165) is 18.9 Å². The monoisotopic (exact) mass is 307 g/mol. The first-order valence-corrected chi connectivity index (χ1v) is 7.48. The lowest BCUT2D eigenvalue weighted by Gasteiger charge is -2.21. The van der Waals surface area contributed by atoms with Crippen LogP contribution in [0.15, 0.2) is 23.8 Å². The minimum absolute atomic E-state index is 0.0769. The molecular weight excluding hydrogens is 288 g/mol. The average molecular weight is 307 g/mol. The summed E-state index contributed by atoms with van der Waals surface area (Å²) in [4.78, 5) is 14.3. The van der Waals surface area contributed by atoms with Gasteiger partial charge >= 0.3 is 0 Å². The lowest BCUT2D eigenvalue weighted by Crippen LogP contribution is -2.30. The first kappa shape index (κ1) is 15.0. The van der Waals surface area contributed by atoms with E-state index in [1.807, 2.05) is 0 Å². The first-order chi connectivity index (χ1) is 10.5. The van der Waals surface area contributed by atoms with E-state index in [1.54, 1.807) is 4.90 Å². The zero-order valence-corrected chi connectivity index (χ0v) is 12.7. The van der Waals surface area contributed by atoms with Crippen molar-refractivity contribution in [2.75, 3.05) is 20.2 Å². The summed E-state index contributed by atoms with van der Waals surface area (Å²) >= 11 is 0. The molecule has 22 heavy (non-hydrogen) atoms. The Morgan fingerprint density at radius 1 is 1.27 bits per heavy atom. The number of hydrogen-bond donors (Lipinski definition) is 0. The average Bonchev–Trinajstić information content (AvgIpc) is 2.92. The molecule has 0 bridgehead atoms. The second kappa shape index (κ2) is 5.71. The van der Waals surface area contributed by atoms with Crippen LogP contribution in [-0.4, -0.2) is 31.0 Å². The minimum atomic E-state index is -1.13. The van der Waals surface area contributed by atoms with Gasteiger partial charge in [0, 0.05) is 13.1 Å². The number of nitrogens with zero attached hydrogens (tertiary/aromatic N) is 1. The number of carbonyl (C=O) groups excluding carboxylic acids is 1. The number of methoxy groups -OCH3 is 1. The number of fused-ring (bicyclic) bond motifs is 1. The van der Waals surface area contributed by atoms with E-state index < -0.39 is 17.5 Å². The van der Waals surface area contributed by atoms with E-state index in [0.29, 0.717) is 24.9 Å². The van der Waals surface area contributed by atoms with Crippen molar-refractivity contribution in [1.82, 2.24) is 4.90 Å². The predicted molar refractivity (Wildman–Crippen MR) is 78.8 cm³/mol. The molecule has 118 valence electrons. The quantitative estimate of drug-likeness (QED) is 0.784. The number of likely N-dealkylation sites (tertiary alicyclic amines) is 1. The third-order valence-electron chi connectivity index (χ3n) is 4.71. The minimum Gasteiger partial charge on any atom is -0.496 e. The fourth-order valence-corrected chi connectivity index (χ4v) is 3.51. The SMILES string of the molecule is COc1ccc(F)c(F)c1C(=O)N1C[C@H]2CC=C(C)C[C@H]2C1. The molecule has 1 heterocycles. The third-order valence-corrected chi connectivity index (χ3v) is 4.71. The topological polar surface area (TPSA) is 29.5 Å². The van der Waals surface area contributed by atoms with Crippen molar-refractivity contribution in [3.8, 4) is 5.75 Å². The Kier molecular flexibility index (Phi) is 3.89. The molecule has 2 aliphatic rings. The third kappa shape index (κ3) is 2.49. The molecule has 0 saturated carbocycles. The predicted octanol–water partition coefficient (Wildman–Crippen LogP) is 3.40. The number of amides is 1. The Balaban J connectivity index is 1.86. The second-order valence-corrected chi connectivity index (χ2v) is 6.16. The van der Waals surface area contributed by atoms with Gasteiger partial charge in [-0.3, -0.25) is 4.79 Å². The van der Waals surface area contributed by atoms with E-state index >= 15 is 0 Å². The number of rotatable bonds is 2. The molecule has 3 nitrogen and oxygen atoms in total. The van der Waals surface area contributed by atoms with Gasteiger partial charge in [-0.2, -0.15) is 0 Å². The van der Waals surface area contributed by atoms with Crippen molar-refractivity contribution in [2.45, 2.75) is 19.8 Å². The zero-order chi connectivity index (χ0) is 15.9. The van der Waals surface area contributed by atoms with Gasteiger partial charge in [-0.1, -0.05) is 11.6 Å². The van der Waals surface area contributed by atoms with Crippen LogP contribution in [0.25, 0.3) is 0 Å². The summed E-state index contributed by atoms with van der Waals surface area (Å²) < 4.78 is 32.6. The zero-order valence-electron chi connectivity index (χ0n) is 12.7. The number of halogens is 2. The summed E-state index contributed by atoms with van der Waals surface area (Å²) in [5, 5.41) is 0. The largest absolute Gasteiger partial charge is 0.496 e. The highest BCUT2D eigenvalue weighted by molar-refractivity contribution is 5.97. The van der Waals surface area contributed by atoms with Crippen LogP contribution in [0.4, 0.5) is 8.78 Å². The van der Waals surface area contributed by atoms with Crippen molar-refractivity contribution < 1.29 is 18.3 Å². The fourth-order valence-electron chi connectivity index (χ4n) is 3.51. The molecular formula is C17H19F2NO2. The molecule has 1 aromatic rings. The molecule has 0 radical (unpaired) electrons. The normalized spacial score (nSPS) is 24.0. The molecule has 3 rings (SSSR count). The maximum atomic E-state index is 14.1. The van der Waals surface area contributed by atoms with Crippen molar-refractivity contribution >= 4 is 5.91 Å². The molecule has 1 amide bonds. The lowest BCUT2D eigenvalue weighted by atomic mass is 9.83. The van der Waals surface area contributed by atoms with Gasteiger partial charge in [-0.15, -0.1) is 0 Å². The Hall–Kier alpha value is -1.91. The van der Waals surface area contributed by atoms with Crippen LogP contribution in [0, 0.1) is 23.5 Å². The molecule has 1 aliphatic heterocycles. The van der Waals surface area contributed by atoms with E-state index in [9.17, 15) is 13.6 Å². The van der Waals surface area contributed by atoms with E-state index in [4.69, 9.17) is 4.74 Å². The van der Waals surface area contributed by atoms with Gasteiger partial charge < -0.3 is 9.64 Å². The van der Waals surface area contributed by atoms with Crippen LogP contribution in [0.5, 0.6) is 5.75 Å². The summed E-state index contributed by atoms with van der Waals surface area (Å²) in [6, 6.07) is 2.27. The van der Waals surface area contributed by atoms with Gasteiger partial charge in [0.2, 0.25) is 0 Å². The van der Waals surface area contributed by atoms with Gasteiger partial charge in [0.05, 0.1) is 7.11 Å². The maximum absolute atomic E-state index is 14.1. The summed E-state index contributed by atoms with van der Waals surface area (Å²) in [5.74, 6) is -1.74. The Morgan fingerprint density at radius 2 is 2.00 bits per heavy atom. The van der Waals surface area contributed by atoms with Crippen molar-refractivity contribution in [3.05, 3.63) is 41.0 Å². The summed E-state index contributed by atoms with van der Waals surface area (Å²) in [7, 11) is 1.35. The van der Waals surface area contributed by atoms with Crippen LogP contribution in [-0.2, 0) is 0 Å². The highest BCUT2D eigenvalue weighted by atomic mass is 19.2. The van der Waals surface area contributed by atoms with Crippen molar-refractivity contribution in [2.24, 2.45) is 11.8 Å². The van der Waals surface area contributed by atoms with Crippen LogP contribution in [0.3, 0.4) is 0 Å². The molecule has 5 heteroatoms. The Morgan fingerprint density at radius 3 is 2.73 bits per heavy atom. The van der Waals surface area contributed by atoms with Gasteiger partial charge in [0.1, 0.15) is 11.3 Å². The van der Waals surface area contributed by atoms with Gasteiger partial charge in [-0.25, -0.2) is 8.78 Å². The first-order valence-electron chi connectivity index (χ1n) is 7.48. The molecule has 0 spiro atoms. The number of benzene rings is 1. The summed E-state index contributed by atoms with van der Waals surface area (Å²) in [6.07, 6.45) is 4.12. The molecule has 1 aromatic carbocycles. The smallest absolute Gasteiger partial charge is 0.260 e. The van der Waals surface area contributed by atoms with Crippen LogP contribution in [0.2, 0.25) is 0 Å². The molecule has 2 atom stereocenters. The second-order valence-electron chi connectivity index (χ2n) is 6.16. The van der Waals surface area contributed by atoms with Gasteiger partial charge in [-0.05, 0) is 43.7 Å². The molecule has 1 saturated heterocycles. The highest BCUT2D eigenvalue weighted by Gasteiger charge is 2.38. The lowest BCUT2D eigenvalue weighted by molar-refractivity contribution is 0.0774. The van der Waals surface area contributed by atoms with Gasteiger partial charge in [0.25, 0.3) is 5.91 Å². The maximum Gasteiger partial charge on any atom is 0.260 e. The highest BCUT2D eigenvalue weighted by Crippen LogP contribution is 2.37. The number of carbonyl (C=O) groups is 1. The number of hydrogen-bond acceptors (Lipinski definition) is 2. The van der Waals surface area contributed by atoms with Gasteiger partial charge in [0.15, 0.2) is 11.6 Å². The number of ether oxygens (including phenoxy) is 1. The van der Waals surface area contributed by atoms with E-state index in [-0.39, 0.29) is 11.3 Å². The Bertz CT molecular complexity index is 642. The Labute approximate surface area is 128 Å². The van der Waals surface area contributed by atoms with E-state index in [2.05, 4.69) is 13.0 Å². The molecule has 1 fully saturated rings. The standard InChI is InChI=1S/C17H19F2NO2/c1-10-3-4-11-8-20(9-12(11)7-10)17(21)15-14(22-2)6-5-13(18)16(15)19/h3,5-6,11-12H,4,7-9H2,1-2H3/t11-,12+/m1/s1. The van der Waals surface area contributed by atoms with Crippen LogP contribution in [0.1, 0.15) is 30.1 Å². The summed E-state index contributed by atoms with van der Waals surface area (Å²) in [5.41, 5.74) is 1.04. The van der Waals surface area contributed by atoms with Crippen LogP contribution >= 0.6 is 0 Å². The number of allylic oxidation sites excluding steroid dienone is 2. The van der Waals surface area contributed by atoms with Crippen molar-refractivity contribution in [1.29, 1.82) is 0 Å². The molecule has 0 unspecified atom stereocenters. The fraction of sp³-hybridized carbons (Fsp3) is 0.471. The summed E-state index contributed by atoms with van der Waals surface area (Å²) in [6.45, 7) is 3.27. The van der Waals surface area contributed by atoms with Crippen molar-refractivity contribution in [3.63, 3.8) is 0 Å². The molecule has 0 N–H and O–H groups in total. The molecule has 1 aliphatic carbocycles. The van der Waals surface area contributed by atoms with E-state index in [1.165, 1.54) is 18.7 Å². The molecule has 0 aromatic heterocycles.